The Morgan fingerprint density at radius 1 is 1.48 bits per heavy atom. The van der Waals surface area contributed by atoms with E-state index in [0.29, 0.717) is 5.92 Å². The molecular weight excluding hydrogens is 290 g/mol. The van der Waals surface area contributed by atoms with Crippen molar-refractivity contribution in [2.45, 2.75) is 59.1 Å². The summed E-state index contributed by atoms with van der Waals surface area (Å²) in [4.78, 5) is 18.5. The van der Waals surface area contributed by atoms with E-state index < -0.39 is 5.60 Å². The van der Waals surface area contributed by atoms with Crippen molar-refractivity contribution in [3.8, 4) is 0 Å². The summed E-state index contributed by atoms with van der Waals surface area (Å²) in [6, 6.07) is 2.17. The third kappa shape index (κ3) is 5.12. The molecule has 128 valence electrons. The second-order valence-electron chi connectivity index (χ2n) is 7.45. The minimum Gasteiger partial charge on any atom is -0.444 e. The summed E-state index contributed by atoms with van der Waals surface area (Å²) in [5.41, 5.74) is 1.98. The largest absolute Gasteiger partial charge is 0.444 e. The number of alkyl carbamates (subject to hydrolysis) is 1. The minimum absolute atomic E-state index is 0.0924. The van der Waals surface area contributed by atoms with E-state index in [1.807, 2.05) is 33.2 Å². The van der Waals surface area contributed by atoms with E-state index in [2.05, 4.69) is 35.1 Å². The zero-order valence-corrected chi connectivity index (χ0v) is 14.9. The van der Waals surface area contributed by atoms with Gasteiger partial charge in [0.2, 0.25) is 0 Å². The van der Waals surface area contributed by atoms with Crippen molar-refractivity contribution >= 4 is 11.8 Å². The summed E-state index contributed by atoms with van der Waals surface area (Å²) in [5.74, 6) is 0.420. The summed E-state index contributed by atoms with van der Waals surface area (Å²) >= 11 is 0. The van der Waals surface area contributed by atoms with Crippen LogP contribution in [-0.4, -0.2) is 35.8 Å². The van der Waals surface area contributed by atoms with Crippen LogP contribution < -0.4 is 10.2 Å². The van der Waals surface area contributed by atoms with Gasteiger partial charge in [-0.25, -0.2) is 4.79 Å². The number of rotatable bonds is 3. The second-order valence-corrected chi connectivity index (χ2v) is 7.45. The van der Waals surface area contributed by atoms with Crippen LogP contribution in [0.2, 0.25) is 0 Å². The van der Waals surface area contributed by atoms with Crippen LogP contribution >= 0.6 is 0 Å². The predicted molar refractivity (Wildman–Crippen MR) is 92.7 cm³/mol. The van der Waals surface area contributed by atoms with Crippen molar-refractivity contribution in [1.29, 1.82) is 0 Å². The Hall–Kier alpha value is -1.78. The standard InChI is InChI=1S/C18H29N3O2/c1-13-11-19-9-8-16(13)21-10-6-7-15(12-21)14(2)20-17(22)23-18(3,4)5/h8-9,11,14-15H,6-7,10,12H2,1-5H3,(H,20,22). The Kier molecular flexibility index (Phi) is 5.50. The fourth-order valence-corrected chi connectivity index (χ4v) is 3.07. The third-order valence-corrected chi connectivity index (χ3v) is 4.24. The molecule has 0 saturated carbocycles. The Morgan fingerprint density at radius 3 is 2.87 bits per heavy atom. The van der Waals surface area contributed by atoms with Gasteiger partial charge in [0.15, 0.2) is 0 Å². The lowest BCUT2D eigenvalue weighted by Gasteiger charge is -2.38. The van der Waals surface area contributed by atoms with Gasteiger partial charge in [-0.2, -0.15) is 0 Å². The molecule has 1 amide bonds. The van der Waals surface area contributed by atoms with E-state index >= 15 is 0 Å². The molecule has 1 N–H and O–H groups in total. The van der Waals surface area contributed by atoms with Gasteiger partial charge in [-0.1, -0.05) is 0 Å². The highest BCUT2D eigenvalue weighted by Crippen LogP contribution is 2.27. The number of nitrogens with one attached hydrogen (secondary N) is 1. The second kappa shape index (κ2) is 7.20. The molecule has 2 unspecified atom stereocenters. The van der Waals surface area contributed by atoms with Crippen molar-refractivity contribution in [2.24, 2.45) is 5.92 Å². The Labute approximate surface area is 139 Å². The number of carbonyl (C=O) groups is 1. The normalized spacial score (nSPS) is 20.0. The van der Waals surface area contributed by atoms with E-state index in [0.717, 1.165) is 25.9 Å². The van der Waals surface area contributed by atoms with Crippen molar-refractivity contribution in [2.75, 3.05) is 18.0 Å². The third-order valence-electron chi connectivity index (χ3n) is 4.24. The van der Waals surface area contributed by atoms with Crippen molar-refractivity contribution in [3.63, 3.8) is 0 Å². The molecule has 0 aliphatic carbocycles. The Bertz CT molecular complexity index is 539. The lowest BCUT2D eigenvalue weighted by molar-refractivity contribution is 0.0489. The van der Waals surface area contributed by atoms with Crippen LogP contribution in [0.15, 0.2) is 18.5 Å². The molecule has 2 heterocycles. The smallest absolute Gasteiger partial charge is 0.407 e. The van der Waals surface area contributed by atoms with Crippen molar-refractivity contribution < 1.29 is 9.53 Å². The van der Waals surface area contributed by atoms with Crippen LogP contribution in [0.3, 0.4) is 0 Å². The Morgan fingerprint density at radius 2 is 2.22 bits per heavy atom. The molecule has 23 heavy (non-hydrogen) atoms. The summed E-state index contributed by atoms with van der Waals surface area (Å²) in [6.45, 7) is 11.8. The number of nitrogens with zero attached hydrogens (tertiary/aromatic N) is 2. The first kappa shape index (κ1) is 17.6. The van der Waals surface area contributed by atoms with Gasteiger partial charge in [-0.15, -0.1) is 0 Å². The van der Waals surface area contributed by atoms with Crippen LogP contribution in [0.5, 0.6) is 0 Å². The van der Waals surface area contributed by atoms with Gasteiger partial charge in [0.1, 0.15) is 5.60 Å². The first-order chi connectivity index (χ1) is 10.8. The van der Waals surface area contributed by atoms with Gasteiger partial charge in [-0.3, -0.25) is 4.98 Å². The Balaban J connectivity index is 1.95. The van der Waals surface area contributed by atoms with Gasteiger partial charge < -0.3 is 15.0 Å². The van der Waals surface area contributed by atoms with E-state index in [-0.39, 0.29) is 12.1 Å². The highest BCUT2D eigenvalue weighted by molar-refractivity contribution is 5.68. The SMILES string of the molecule is Cc1cnccc1N1CCCC(C(C)NC(=O)OC(C)(C)C)C1. The number of pyridine rings is 1. The molecule has 1 saturated heterocycles. The monoisotopic (exact) mass is 319 g/mol. The number of ether oxygens (including phenoxy) is 1. The summed E-state index contributed by atoms with van der Waals surface area (Å²) in [6.07, 6.45) is 5.67. The fourth-order valence-electron chi connectivity index (χ4n) is 3.07. The maximum absolute atomic E-state index is 12.0. The first-order valence-corrected chi connectivity index (χ1v) is 8.41. The topological polar surface area (TPSA) is 54.5 Å². The number of amides is 1. The molecule has 1 aromatic rings. The number of hydrogen-bond donors (Lipinski definition) is 1. The highest BCUT2D eigenvalue weighted by Gasteiger charge is 2.27. The van der Waals surface area contributed by atoms with E-state index in [1.54, 1.807) is 0 Å². The highest BCUT2D eigenvalue weighted by atomic mass is 16.6. The zero-order valence-electron chi connectivity index (χ0n) is 14.9. The average molecular weight is 319 g/mol. The van der Waals surface area contributed by atoms with Crippen LogP contribution in [0.4, 0.5) is 10.5 Å². The number of hydrogen-bond acceptors (Lipinski definition) is 4. The summed E-state index contributed by atoms with van der Waals surface area (Å²) in [5, 5.41) is 2.99. The zero-order chi connectivity index (χ0) is 17.0. The molecule has 1 aliphatic rings. The molecular formula is C18H29N3O2. The maximum atomic E-state index is 12.0. The lowest BCUT2D eigenvalue weighted by Crippen LogP contribution is -2.47. The van der Waals surface area contributed by atoms with Crippen LogP contribution in [0, 0.1) is 12.8 Å². The molecule has 0 aromatic carbocycles. The fraction of sp³-hybridized carbons (Fsp3) is 0.667. The molecule has 0 bridgehead atoms. The van der Waals surface area contributed by atoms with E-state index in [4.69, 9.17) is 4.74 Å². The lowest BCUT2D eigenvalue weighted by atomic mass is 9.91. The molecule has 2 atom stereocenters. The molecule has 5 heteroatoms. The summed E-state index contributed by atoms with van der Waals surface area (Å²) < 4.78 is 5.36. The number of carbonyl (C=O) groups excluding carboxylic acids is 1. The predicted octanol–water partition coefficient (Wildman–Crippen LogP) is 3.52. The van der Waals surface area contributed by atoms with Gasteiger partial charge in [-0.05, 0) is 65.0 Å². The number of aromatic nitrogens is 1. The summed E-state index contributed by atoms with van der Waals surface area (Å²) in [7, 11) is 0. The maximum Gasteiger partial charge on any atom is 0.407 e. The van der Waals surface area contributed by atoms with Gasteiger partial charge in [0, 0.05) is 37.2 Å². The molecule has 2 rings (SSSR count). The number of aryl methyl sites for hydroxylation is 1. The molecule has 0 spiro atoms. The average Bonchev–Trinajstić information content (AvgIpc) is 2.45. The minimum atomic E-state index is -0.462. The van der Waals surface area contributed by atoms with Gasteiger partial charge in [0.25, 0.3) is 0 Å². The van der Waals surface area contributed by atoms with Crippen LogP contribution in [0.1, 0.15) is 46.1 Å². The molecule has 1 aliphatic heterocycles. The first-order valence-electron chi connectivity index (χ1n) is 8.41. The molecule has 5 nitrogen and oxygen atoms in total. The van der Waals surface area contributed by atoms with E-state index in [9.17, 15) is 4.79 Å². The van der Waals surface area contributed by atoms with Crippen molar-refractivity contribution in [3.05, 3.63) is 24.0 Å². The molecule has 1 fully saturated rings. The van der Waals surface area contributed by atoms with E-state index in [1.165, 1.54) is 11.3 Å². The van der Waals surface area contributed by atoms with Gasteiger partial charge >= 0.3 is 6.09 Å². The number of piperidine rings is 1. The van der Waals surface area contributed by atoms with Crippen LogP contribution in [-0.2, 0) is 4.74 Å². The molecule has 0 radical (unpaired) electrons. The van der Waals surface area contributed by atoms with Crippen LogP contribution in [0.25, 0.3) is 0 Å². The van der Waals surface area contributed by atoms with Crippen molar-refractivity contribution in [1.82, 2.24) is 10.3 Å². The van der Waals surface area contributed by atoms with Gasteiger partial charge in [0.05, 0.1) is 0 Å². The quantitative estimate of drug-likeness (QED) is 0.926. The molecule has 1 aromatic heterocycles. The number of anilines is 1.